The lowest BCUT2D eigenvalue weighted by Crippen LogP contribution is -2.31. The number of hydrogen-bond acceptors (Lipinski definition) is 5. The Labute approximate surface area is 141 Å². The number of hydrogen-bond donors (Lipinski definition) is 1. The van der Waals surface area contributed by atoms with Crippen LogP contribution in [0.3, 0.4) is 0 Å². The van der Waals surface area contributed by atoms with E-state index in [1.807, 2.05) is 6.07 Å². The molecule has 6 nitrogen and oxygen atoms in total. The zero-order chi connectivity index (χ0) is 16.8. The first-order chi connectivity index (χ1) is 11.7. The van der Waals surface area contributed by atoms with Crippen molar-refractivity contribution in [3.05, 3.63) is 36.3 Å². The highest BCUT2D eigenvalue weighted by atomic mass is 16.5. The molecule has 0 aromatic carbocycles. The number of aromatic nitrogens is 2. The van der Waals surface area contributed by atoms with Gasteiger partial charge in [0, 0.05) is 30.6 Å². The summed E-state index contributed by atoms with van der Waals surface area (Å²) in [7, 11) is 0. The SMILES string of the molecule is C[C@H]1CCCC[C@H]1OCCNC(=O)c1cc(-c2cccnc2)on1. The van der Waals surface area contributed by atoms with E-state index in [1.54, 1.807) is 24.5 Å². The first-order valence-corrected chi connectivity index (χ1v) is 8.51. The van der Waals surface area contributed by atoms with Crippen LogP contribution in [0.1, 0.15) is 43.1 Å². The van der Waals surface area contributed by atoms with Gasteiger partial charge in [0.25, 0.3) is 5.91 Å². The average Bonchev–Trinajstić information content (AvgIpc) is 3.11. The molecule has 0 unspecified atom stereocenters. The lowest BCUT2D eigenvalue weighted by molar-refractivity contribution is -0.00296. The van der Waals surface area contributed by atoms with Crippen LogP contribution >= 0.6 is 0 Å². The quantitative estimate of drug-likeness (QED) is 0.824. The lowest BCUT2D eigenvalue weighted by Gasteiger charge is -2.28. The van der Waals surface area contributed by atoms with Crippen LogP contribution in [0.2, 0.25) is 0 Å². The van der Waals surface area contributed by atoms with Gasteiger partial charge in [0.2, 0.25) is 0 Å². The summed E-state index contributed by atoms with van der Waals surface area (Å²) in [6, 6.07) is 5.28. The Morgan fingerprint density at radius 3 is 3.08 bits per heavy atom. The van der Waals surface area contributed by atoms with Crippen molar-refractivity contribution >= 4 is 5.91 Å². The summed E-state index contributed by atoms with van der Waals surface area (Å²) in [5.41, 5.74) is 1.05. The number of carbonyl (C=O) groups is 1. The molecule has 24 heavy (non-hydrogen) atoms. The first-order valence-electron chi connectivity index (χ1n) is 8.51. The summed E-state index contributed by atoms with van der Waals surface area (Å²) >= 11 is 0. The van der Waals surface area contributed by atoms with Gasteiger partial charge in [-0.3, -0.25) is 9.78 Å². The Balaban J connectivity index is 1.45. The van der Waals surface area contributed by atoms with E-state index < -0.39 is 0 Å². The van der Waals surface area contributed by atoms with E-state index in [0.29, 0.717) is 30.9 Å². The molecular weight excluding hydrogens is 306 g/mol. The van der Waals surface area contributed by atoms with Crippen molar-refractivity contribution in [2.45, 2.75) is 38.7 Å². The number of pyridine rings is 1. The molecule has 0 aliphatic heterocycles. The van der Waals surface area contributed by atoms with Crippen LogP contribution in [0.15, 0.2) is 35.1 Å². The Morgan fingerprint density at radius 2 is 2.29 bits per heavy atom. The van der Waals surface area contributed by atoms with Crippen molar-refractivity contribution < 1.29 is 14.1 Å². The molecule has 1 N–H and O–H groups in total. The number of ether oxygens (including phenoxy) is 1. The number of nitrogens with zero attached hydrogens (tertiary/aromatic N) is 2. The molecule has 1 saturated carbocycles. The summed E-state index contributed by atoms with van der Waals surface area (Å²) in [5, 5.41) is 6.63. The average molecular weight is 329 g/mol. The van der Waals surface area contributed by atoms with E-state index in [9.17, 15) is 4.79 Å². The molecule has 3 rings (SSSR count). The Morgan fingerprint density at radius 1 is 1.42 bits per heavy atom. The van der Waals surface area contributed by atoms with Crippen LogP contribution in [0.25, 0.3) is 11.3 Å². The Bertz CT molecular complexity index is 657. The molecule has 2 aromatic heterocycles. The van der Waals surface area contributed by atoms with Gasteiger partial charge < -0.3 is 14.6 Å². The minimum absolute atomic E-state index is 0.255. The molecule has 0 bridgehead atoms. The summed E-state index contributed by atoms with van der Waals surface area (Å²) < 4.78 is 11.1. The summed E-state index contributed by atoms with van der Waals surface area (Å²) in [4.78, 5) is 16.1. The van der Waals surface area contributed by atoms with Gasteiger partial charge in [-0.1, -0.05) is 24.9 Å². The molecule has 2 atom stereocenters. The molecule has 0 radical (unpaired) electrons. The molecule has 1 aliphatic carbocycles. The fourth-order valence-electron chi connectivity index (χ4n) is 3.02. The van der Waals surface area contributed by atoms with Crippen molar-refractivity contribution in [2.75, 3.05) is 13.2 Å². The molecule has 1 fully saturated rings. The first kappa shape index (κ1) is 16.6. The van der Waals surface area contributed by atoms with Crippen molar-refractivity contribution in [1.29, 1.82) is 0 Å². The molecule has 6 heteroatoms. The second-order valence-electron chi connectivity index (χ2n) is 6.24. The highest BCUT2D eigenvalue weighted by Crippen LogP contribution is 2.26. The van der Waals surface area contributed by atoms with E-state index in [-0.39, 0.29) is 11.6 Å². The van der Waals surface area contributed by atoms with Gasteiger partial charge in [0.1, 0.15) is 0 Å². The third-order valence-corrected chi connectivity index (χ3v) is 4.44. The maximum Gasteiger partial charge on any atom is 0.273 e. The van der Waals surface area contributed by atoms with Gasteiger partial charge in [-0.05, 0) is 30.9 Å². The van der Waals surface area contributed by atoms with E-state index in [4.69, 9.17) is 9.26 Å². The second-order valence-corrected chi connectivity index (χ2v) is 6.24. The fraction of sp³-hybridized carbons (Fsp3) is 0.500. The number of carbonyl (C=O) groups excluding carboxylic acids is 1. The van der Waals surface area contributed by atoms with Crippen LogP contribution in [-0.4, -0.2) is 35.3 Å². The molecule has 0 spiro atoms. The van der Waals surface area contributed by atoms with E-state index >= 15 is 0 Å². The van der Waals surface area contributed by atoms with Gasteiger partial charge in [-0.25, -0.2) is 0 Å². The second kappa shape index (κ2) is 8.06. The predicted molar refractivity (Wildman–Crippen MR) is 89.4 cm³/mol. The zero-order valence-corrected chi connectivity index (χ0v) is 13.9. The van der Waals surface area contributed by atoms with Crippen molar-refractivity contribution in [1.82, 2.24) is 15.5 Å². The molecular formula is C18H23N3O3. The van der Waals surface area contributed by atoms with E-state index in [2.05, 4.69) is 22.4 Å². The Kier molecular flexibility index (Phi) is 5.59. The minimum atomic E-state index is -0.255. The monoisotopic (exact) mass is 329 g/mol. The third-order valence-electron chi connectivity index (χ3n) is 4.44. The van der Waals surface area contributed by atoms with Crippen LogP contribution in [-0.2, 0) is 4.74 Å². The number of amides is 1. The summed E-state index contributed by atoms with van der Waals surface area (Å²) in [5.74, 6) is 0.877. The molecule has 1 amide bonds. The largest absolute Gasteiger partial charge is 0.376 e. The van der Waals surface area contributed by atoms with Gasteiger partial charge in [0.05, 0.1) is 12.7 Å². The third kappa shape index (κ3) is 4.20. The molecule has 128 valence electrons. The predicted octanol–water partition coefficient (Wildman–Crippen LogP) is 3.06. The Hall–Kier alpha value is -2.21. The smallest absolute Gasteiger partial charge is 0.273 e. The topological polar surface area (TPSA) is 77.2 Å². The van der Waals surface area contributed by atoms with Crippen LogP contribution in [0, 0.1) is 5.92 Å². The highest BCUT2D eigenvalue weighted by Gasteiger charge is 2.21. The van der Waals surface area contributed by atoms with Gasteiger partial charge in [0.15, 0.2) is 11.5 Å². The lowest BCUT2D eigenvalue weighted by atomic mass is 9.88. The molecule has 0 saturated heterocycles. The van der Waals surface area contributed by atoms with Gasteiger partial charge in [-0.2, -0.15) is 0 Å². The maximum atomic E-state index is 12.1. The highest BCUT2D eigenvalue weighted by molar-refractivity contribution is 5.93. The van der Waals surface area contributed by atoms with Gasteiger partial charge >= 0.3 is 0 Å². The van der Waals surface area contributed by atoms with Crippen molar-refractivity contribution in [2.24, 2.45) is 5.92 Å². The van der Waals surface area contributed by atoms with Crippen LogP contribution < -0.4 is 5.32 Å². The molecule has 1 aliphatic rings. The standard InChI is InChI=1S/C18H23N3O3/c1-13-5-2-3-7-16(13)23-10-9-20-18(22)15-11-17(24-21-15)14-6-4-8-19-12-14/h4,6,8,11-13,16H,2-3,5,7,9-10H2,1H3,(H,20,22)/t13-,16+/m0/s1. The van der Waals surface area contributed by atoms with Crippen molar-refractivity contribution in [3.8, 4) is 11.3 Å². The normalized spacial score (nSPS) is 20.7. The fourth-order valence-corrected chi connectivity index (χ4v) is 3.02. The summed E-state index contributed by atoms with van der Waals surface area (Å²) in [6.45, 7) is 3.23. The zero-order valence-electron chi connectivity index (χ0n) is 13.9. The molecule has 2 heterocycles. The van der Waals surface area contributed by atoms with E-state index in [1.165, 1.54) is 19.3 Å². The molecule has 2 aromatic rings. The summed E-state index contributed by atoms with van der Waals surface area (Å²) in [6.07, 6.45) is 8.54. The van der Waals surface area contributed by atoms with E-state index in [0.717, 1.165) is 12.0 Å². The number of nitrogens with one attached hydrogen (secondary N) is 1. The van der Waals surface area contributed by atoms with Crippen LogP contribution in [0.5, 0.6) is 0 Å². The van der Waals surface area contributed by atoms with Gasteiger partial charge in [-0.15, -0.1) is 0 Å². The van der Waals surface area contributed by atoms with Crippen molar-refractivity contribution in [3.63, 3.8) is 0 Å². The maximum absolute atomic E-state index is 12.1. The minimum Gasteiger partial charge on any atom is -0.376 e. The van der Waals surface area contributed by atoms with Crippen LogP contribution in [0.4, 0.5) is 0 Å². The number of rotatable bonds is 6.